The maximum Gasteiger partial charge on any atom is 0.408 e. The lowest BCUT2D eigenvalue weighted by Crippen LogP contribution is -2.53. The van der Waals surface area contributed by atoms with Crippen molar-refractivity contribution in [2.24, 2.45) is 11.8 Å². The summed E-state index contributed by atoms with van der Waals surface area (Å²) in [6, 6.07) is 1.56. The molecule has 0 radical (unpaired) electrons. The van der Waals surface area contributed by atoms with Gasteiger partial charge in [0.2, 0.25) is 11.8 Å². The van der Waals surface area contributed by atoms with Gasteiger partial charge in [-0.1, -0.05) is 19.9 Å². The van der Waals surface area contributed by atoms with E-state index in [9.17, 15) is 24.3 Å². The number of ether oxygens (including phenoxy) is 1. The zero-order valence-corrected chi connectivity index (χ0v) is 19.0. The van der Waals surface area contributed by atoms with Gasteiger partial charge in [0.25, 0.3) is 0 Å². The summed E-state index contributed by atoms with van der Waals surface area (Å²) in [5.41, 5.74) is 0.352. The van der Waals surface area contributed by atoms with Crippen LogP contribution >= 0.6 is 0 Å². The number of nitrogens with one attached hydrogen (secondary N) is 3. The third-order valence-corrected chi connectivity index (χ3v) is 5.98. The molecule has 0 spiro atoms. The molecule has 2 aliphatic rings. The summed E-state index contributed by atoms with van der Waals surface area (Å²) in [6.45, 7) is 4.29. The lowest BCUT2D eigenvalue weighted by Gasteiger charge is -2.24. The number of alkyl carbamates (subject to hydrolysis) is 1. The molecule has 2 heterocycles. The minimum atomic E-state index is -1.22. The van der Waals surface area contributed by atoms with Crippen LogP contribution in [0.25, 0.3) is 0 Å². The third kappa shape index (κ3) is 7.16. The predicted molar refractivity (Wildman–Crippen MR) is 118 cm³/mol. The van der Waals surface area contributed by atoms with Crippen molar-refractivity contribution in [3.05, 3.63) is 30.1 Å². The molecule has 1 saturated carbocycles. The monoisotopic (exact) mass is 460 g/mol. The highest BCUT2D eigenvalue weighted by Crippen LogP contribution is 2.42. The number of carbonyl (C=O) groups is 4. The van der Waals surface area contributed by atoms with E-state index in [4.69, 9.17) is 4.74 Å². The Hall–Kier alpha value is -3.17. The number of aliphatic carboxylic acids is 1. The van der Waals surface area contributed by atoms with Crippen molar-refractivity contribution >= 4 is 23.9 Å². The fourth-order valence-corrected chi connectivity index (χ4v) is 4.05. The van der Waals surface area contributed by atoms with E-state index in [1.54, 1.807) is 12.4 Å². The van der Waals surface area contributed by atoms with Crippen LogP contribution in [0.5, 0.6) is 0 Å². The van der Waals surface area contributed by atoms with Crippen LogP contribution in [-0.2, 0) is 25.5 Å². The minimum absolute atomic E-state index is 0.0000259. The van der Waals surface area contributed by atoms with Gasteiger partial charge in [-0.2, -0.15) is 0 Å². The van der Waals surface area contributed by atoms with Crippen molar-refractivity contribution in [1.82, 2.24) is 20.9 Å². The molecule has 33 heavy (non-hydrogen) atoms. The quantitative estimate of drug-likeness (QED) is 0.390. The van der Waals surface area contributed by atoms with Gasteiger partial charge in [0.15, 0.2) is 0 Å². The Labute approximate surface area is 192 Å². The summed E-state index contributed by atoms with van der Waals surface area (Å²) >= 11 is 0. The molecule has 3 amide bonds. The number of carbonyl (C=O) groups excluding carboxylic acids is 3. The molecule has 10 nitrogen and oxygen atoms in total. The molecule has 1 saturated heterocycles. The number of hydrogen-bond donors (Lipinski definition) is 4. The second kappa shape index (κ2) is 10.6. The fourth-order valence-electron chi connectivity index (χ4n) is 4.05. The summed E-state index contributed by atoms with van der Waals surface area (Å²) in [5, 5.41) is 17.3. The Morgan fingerprint density at radius 3 is 2.58 bits per heavy atom. The molecule has 180 valence electrons. The van der Waals surface area contributed by atoms with Gasteiger partial charge in [-0.15, -0.1) is 0 Å². The molecule has 0 bridgehead atoms. The van der Waals surface area contributed by atoms with E-state index in [0.29, 0.717) is 25.8 Å². The van der Waals surface area contributed by atoms with Gasteiger partial charge in [0.1, 0.15) is 17.7 Å². The molecular formula is C23H32N4O6. The first kappa shape index (κ1) is 24.5. The van der Waals surface area contributed by atoms with E-state index in [1.807, 2.05) is 26.0 Å². The smallest absolute Gasteiger partial charge is 0.408 e. The maximum absolute atomic E-state index is 12.9. The van der Waals surface area contributed by atoms with Crippen molar-refractivity contribution in [2.75, 3.05) is 6.54 Å². The van der Waals surface area contributed by atoms with Crippen molar-refractivity contribution < 1.29 is 29.0 Å². The number of nitrogens with zero attached hydrogens (tertiary/aromatic N) is 1. The Kier molecular flexibility index (Phi) is 7.88. The molecule has 1 aromatic heterocycles. The largest absolute Gasteiger partial charge is 0.480 e. The van der Waals surface area contributed by atoms with E-state index in [0.717, 1.165) is 18.4 Å². The van der Waals surface area contributed by atoms with E-state index < -0.39 is 41.6 Å². The standard InChI is InChI=1S/C23H32N4O6/c1-14(2)10-17(20(29)26-18(21(30)31)11-16-5-9-25-19(16)28)27-22(32)33-23(6-7-23)12-15-4-3-8-24-13-15/h3-4,8,13-14,16-18H,5-7,9-12H2,1-2H3,(H,25,28)(H,26,29)(H,27,32)(H,30,31). The van der Waals surface area contributed by atoms with Crippen molar-refractivity contribution in [1.29, 1.82) is 0 Å². The molecule has 1 aromatic rings. The molecule has 10 heteroatoms. The molecule has 4 N–H and O–H groups in total. The molecule has 3 rings (SSSR count). The number of rotatable bonds is 11. The Bertz CT molecular complexity index is 871. The van der Waals surface area contributed by atoms with Crippen molar-refractivity contribution in [3.8, 4) is 0 Å². The van der Waals surface area contributed by atoms with Crippen LogP contribution in [0.15, 0.2) is 24.5 Å². The van der Waals surface area contributed by atoms with Gasteiger partial charge in [-0.05, 0) is 49.7 Å². The number of carboxylic acid groups (broad SMARTS) is 1. The number of hydrogen-bond acceptors (Lipinski definition) is 6. The van der Waals surface area contributed by atoms with Crippen molar-refractivity contribution in [2.45, 2.75) is 70.1 Å². The van der Waals surface area contributed by atoms with Gasteiger partial charge >= 0.3 is 12.1 Å². The summed E-state index contributed by atoms with van der Waals surface area (Å²) in [5.74, 6) is -2.43. The topological polar surface area (TPSA) is 147 Å². The van der Waals surface area contributed by atoms with Gasteiger partial charge in [-0.25, -0.2) is 9.59 Å². The molecule has 0 aromatic carbocycles. The first-order chi connectivity index (χ1) is 15.7. The fraction of sp³-hybridized carbons (Fsp3) is 0.609. The van der Waals surface area contributed by atoms with Crippen LogP contribution in [0.1, 0.15) is 51.5 Å². The van der Waals surface area contributed by atoms with Gasteiger partial charge in [-0.3, -0.25) is 14.6 Å². The van der Waals surface area contributed by atoms with E-state index >= 15 is 0 Å². The minimum Gasteiger partial charge on any atom is -0.480 e. The van der Waals surface area contributed by atoms with Crippen LogP contribution in [0, 0.1) is 11.8 Å². The highest BCUT2D eigenvalue weighted by Gasteiger charge is 2.47. The Balaban J connectivity index is 1.59. The summed E-state index contributed by atoms with van der Waals surface area (Å²) in [6.07, 6.45) is 5.52. The predicted octanol–water partition coefficient (Wildman–Crippen LogP) is 1.39. The van der Waals surface area contributed by atoms with E-state index in [2.05, 4.69) is 20.9 Å². The third-order valence-electron chi connectivity index (χ3n) is 5.98. The zero-order chi connectivity index (χ0) is 24.0. The molecule has 3 unspecified atom stereocenters. The van der Waals surface area contributed by atoms with Crippen LogP contribution in [0.4, 0.5) is 4.79 Å². The summed E-state index contributed by atoms with van der Waals surface area (Å²) < 4.78 is 5.66. The van der Waals surface area contributed by atoms with Gasteiger partial charge in [0.05, 0.1) is 0 Å². The number of carboxylic acids is 1. The Morgan fingerprint density at radius 1 is 1.27 bits per heavy atom. The second-order valence-electron chi connectivity index (χ2n) is 9.35. The lowest BCUT2D eigenvalue weighted by atomic mass is 9.97. The van der Waals surface area contributed by atoms with Gasteiger partial charge < -0.3 is 25.8 Å². The SMILES string of the molecule is CC(C)CC(NC(=O)OC1(Cc2cccnc2)CC1)C(=O)NC(CC1CCNC1=O)C(=O)O. The first-order valence-electron chi connectivity index (χ1n) is 11.4. The molecular weight excluding hydrogens is 428 g/mol. The molecule has 1 aliphatic heterocycles. The average Bonchev–Trinajstić information content (AvgIpc) is 3.37. The van der Waals surface area contributed by atoms with E-state index in [1.165, 1.54) is 0 Å². The summed E-state index contributed by atoms with van der Waals surface area (Å²) in [4.78, 5) is 53.1. The van der Waals surface area contributed by atoms with Crippen LogP contribution in [0.3, 0.4) is 0 Å². The van der Waals surface area contributed by atoms with E-state index in [-0.39, 0.29) is 18.2 Å². The maximum atomic E-state index is 12.9. The number of aromatic nitrogens is 1. The molecule has 2 fully saturated rings. The normalized spacial score (nSPS) is 20.5. The van der Waals surface area contributed by atoms with Crippen LogP contribution in [0.2, 0.25) is 0 Å². The van der Waals surface area contributed by atoms with Crippen LogP contribution < -0.4 is 16.0 Å². The number of amides is 3. The summed E-state index contributed by atoms with van der Waals surface area (Å²) in [7, 11) is 0. The second-order valence-corrected chi connectivity index (χ2v) is 9.35. The molecule has 3 atom stereocenters. The Morgan fingerprint density at radius 2 is 2.03 bits per heavy atom. The zero-order valence-electron chi connectivity index (χ0n) is 19.0. The molecule has 1 aliphatic carbocycles. The average molecular weight is 461 g/mol. The highest BCUT2D eigenvalue weighted by molar-refractivity contribution is 5.90. The van der Waals surface area contributed by atoms with Gasteiger partial charge in [0, 0.05) is 31.3 Å². The first-order valence-corrected chi connectivity index (χ1v) is 11.4. The highest BCUT2D eigenvalue weighted by atomic mass is 16.6. The lowest BCUT2D eigenvalue weighted by molar-refractivity contribution is -0.143. The van der Waals surface area contributed by atoms with Crippen LogP contribution in [-0.4, -0.2) is 58.2 Å². The van der Waals surface area contributed by atoms with Crippen molar-refractivity contribution in [3.63, 3.8) is 0 Å². The number of pyridine rings is 1.